The van der Waals surface area contributed by atoms with E-state index in [-0.39, 0.29) is 5.91 Å². The largest absolute Gasteiger partial charge is 0.496 e. The number of rotatable bonds is 6. The molecule has 2 aromatic carbocycles. The predicted molar refractivity (Wildman–Crippen MR) is 92.2 cm³/mol. The van der Waals surface area contributed by atoms with Crippen molar-refractivity contribution in [3.05, 3.63) is 58.7 Å². The number of ether oxygens (including phenoxy) is 2. The molecule has 0 saturated heterocycles. The van der Waals surface area contributed by atoms with Crippen molar-refractivity contribution in [1.82, 2.24) is 0 Å². The quantitative estimate of drug-likeness (QED) is 0.873. The van der Waals surface area contributed by atoms with Crippen LogP contribution >= 0.6 is 0 Å². The summed E-state index contributed by atoms with van der Waals surface area (Å²) in [5.74, 6) is 0.582. The lowest BCUT2D eigenvalue weighted by Gasteiger charge is -2.12. The second-order valence-electron chi connectivity index (χ2n) is 5.44. The molecule has 0 aliphatic heterocycles. The molecule has 23 heavy (non-hydrogen) atoms. The van der Waals surface area contributed by atoms with Crippen LogP contribution in [-0.2, 0) is 11.3 Å². The van der Waals surface area contributed by atoms with Gasteiger partial charge in [0.05, 0.1) is 13.7 Å². The minimum atomic E-state index is -0.141. The molecule has 0 atom stereocenters. The molecule has 0 bridgehead atoms. The highest BCUT2D eigenvalue weighted by atomic mass is 16.5. The summed E-state index contributed by atoms with van der Waals surface area (Å²) in [5, 5.41) is 2.95. The summed E-state index contributed by atoms with van der Waals surface area (Å²) in [5.41, 5.74) is 4.48. The predicted octanol–water partition coefficient (Wildman–Crippen LogP) is 4.10. The second-order valence-corrected chi connectivity index (χ2v) is 5.44. The van der Waals surface area contributed by atoms with Gasteiger partial charge in [-0.05, 0) is 50.6 Å². The van der Waals surface area contributed by atoms with Crippen LogP contribution in [0.3, 0.4) is 0 Å². The Kier molecular flexibility index (Phi) is 5.77. The fourth-order valence-electron chi connectivity index (χ4n) is 2.39. The molecule has 0 radical (unpaired) electrons. The maximum absolute atomic E-state index is 12.5. The van der Waals surface area contributed by atoms with E-state index in [1.54, 1.807) is 19.2 Å². The average Bonchev–Trinajstić information content (AvgIpc) is 2.55. The lowest BCUT2D eigenvalue weighted by atomic mass is 10.1. The van der Waals surface area contributed by atoms with Gasteiger partial charge in [0, 0.05) is 23.4 Å². The topological polar surface area (TPSA) is 47.6 Å². The third-order valence-electron chi connectivity index (χ3n) is 3.63. The van der Waals surface area contributed by atoms with E-state index in [1.165, 1.54) is 5.56 Å². The normalized spacial score (nSPS) is 10.4. The first-order chi connectivity index (χ1) is 11.0. The molecule has 0 spiro atoms. The van der Waals surface area contributed by atoms with Gasteiger partial charge >= 0.3 is 0 Å². The van der Waals surface area contributed by atoms with Crippen LogP contribution in [0.15, 0.2) is 36.4 Å². The number of benzene rings is 2. The van der Waals surface area contributed by atoms with Gasteiger partial charge in [0.25, 0.3) is 5.91 Å². The van der Waals surface area contributed by atoms with Crippen LogP contribution in [-0.4, -0.2) is 19.6 Å². The molecule has 0 saturated carbocycles. The molecule has 4 nitrogen and oxygen atoms in total. The van der Waals surface area contributed by atoms with Crippen molar-refractivity contribution in [2.45, 2.75) is 27.4 Å². The van der Waals surface area contributed by atoms with Crippen molar-refractivity contribution >= 4 is 11.6 Å². The van der Waals surface area contributed by atoms with Gasteiger partial charge in [-0.25, -0.2) is 0 Å². The van der Waals surface area contributed by atoms with Crippen molar-refractivity contribution in [3.8, 4) is 5.75 Å². The number of nitrogens with one attached hydrogen (secondary N) is 1. The average molecular weight is 313 g/mol. The van der Waals surface area contributed by atoms with Gasteiger partial charge in [-0.3, -0.25) is 4.79 Å². The maximum Gasteiger partial charge on any atom is 0.255 e. The van der Waals surface area contributed by atoms with Crippen LogP contribution in [0.25, 0.3) is 0 Å². The highest BCUT2D eigenvalue weighted by Crippen LogP contribution is 2.22. The fourth-order valence-corrected chi connectivity index (χ4v) is 2.39. The first-order valence-electron chi connectivity index (χ1n) is 7.68. The van der Waals surface area contributed by atoms with Crippen LogP contribution in [0.5, 0.6) is 5.75 Å². The SMILES string of the molecule is CCOCc1cc(C(=O)Nc2ccc(C)cc2C)ccc1OC. The zero-order valence-electron chi connectivity index (χ0n) is 14.1. The molecular formula is C19H23NO3. The molecule has 2 aromatic rings. The minimum absolute atomic E-state index is 0.141. The molecule has 0 aliphatic rings. The Hall–Kier alpha value is -2.33. The maximum atomic E-state index is 12.5. The molecule has 0 unspecified atom stereocenters. The lowest BCUT2D eigenvalue weighted by Crippen LogP contribution is -2.13. The second kappa shape index (κ2) is 7.79. The number of hydrogen-bond acceptors (Lipinski definition) is 3. The van der Waals surface area contributed by atoms with Gasteiger partial charge in [0.15, 0.2) is 0 Å². The summed E-state index contributed by atoms with van der Waals surface area (Å²) >= 11 is 0. The van der Waals surface area contributed by atoms with Crippen molar-refractivity contribution in [2.24, 2.45) is 0 Å². The van der Waals surface area contributed by atoms with Crippen LogP contribution in [0.2, 0.25) is 0 Å². The number of methoxy groups -OCH3 is 1. The van der Waals surface area contributed by atoms with Crippen LogP contribution in [0.4, 0.5) is 5.69 Å². The summed E-state index contributed by atoms with van der Waals surface area (Å²) in [7, 11) is 1.61. The first kappa shape index (κ1) is 17.0. The molecule has 0 aliphatic carbocycles. The molecule has 4 heteroatoms. The lowest BCUT2D eigenvalue weighted by molar-refractivity contribution is 0.102. The van der Waals surface area contributed by atoms with Gasteiger partial charge in [-0.1, -0.05) is 17.7 Å². The highest BCUT2D eigenvalue weighted by molar-refractivity contribution is 6.04. The molecule has 1 amide bonds. The molecule has 0 heterocycles. The molecule has 2 rings (SSSR count). The number of carbonyl (C=O) groups excluding carboxylic acids is 1. The number of hydrogen-bond donors (Lipinski definition) is 1. The van der Waals surface area contributed by atoms with Crippen molar-refractivity contribution in [1.29, 1.82) is 0 Å². The van der Waals surface area contributed by atoms with Gasteiger partial charge in [0.2, 0.25) is 0 Å². The first-order valence-corrected chi connectivity index (χ1v) is 7.68. The Morgan fingerprint density at radius 3 is 2.57 bits per heavy atom. The van der Waals surface area contributed by atoms with Gasteiger partial charge in [-0.15, -0.1) is 0 Å². The number of anilines is 1. The standard InChI is InChI=1S/C19H23NO3/c1-5-23-12-16-11-15(7-9-18(16)22-4)19(21)20-17-8-6-13(2)10-14(17)3/h6-11H,5,12H2,1-4H3,(H,20,21). The van der Waals surface area contributed by atoms with E-state index in [4.69, 9.17) is 9.47 Å². The third kappa shape index (κ3) is 4.33. The Labute approximate surface area is 137 Å². The Morgan fingerprint density at radius 1 is 1.13 bits per heavy atom. The summed E-state index contributed by atoms with van der Waals surface area (Å²) in [6, 6.07) is 11.3. The summed E-state index contributed by atoms with van der Waals surface area (Å²) in [6.07, 6.45) is 0. The summed E-state index contributed by atoms with van der Waals surface area (Å²) < 4.78 is 10.8. The van der Waals surface area contributed by atoms with E-state index < -0.39 is 0 Å². The fraction of sp³-hybridized carbons (Fsp3) is 0.316. The number of amides is 1. The Morgan fingerprint density at radius 2 is 1.91 bits per heavy atom. The monoisotopic (exact) mass is 313 g/mol. The van der Waals surface area contributed by atoms with Gasteiger partial charge in [-0.2, -0.15) is 0 Å². The summed E-state index contributed by atoms with van der Waals surface area (Å²) in [4.78, 5) is 12.5. The van der Waals surface area contributed by atoms with Crippen LogP contribution in [0.1, 0.15) is 34.0 Å². The molecule has 122 valence electrons. The minimum Gasteiger partial charge on any atom is -0.496 e. The van der Waals surface area contributed by atoms with Crippen molar-refractivity contribution < 1.29 is 14.3 Å². The Bertz CT molecular complexity index is 695. The van der Waals surface area contributed by atoms with E-state index in [9.17, 15) is 4.79 Å². The van der Waals surface area contributed by atoms with E-state index in [1.807, 2.05) is 45.0 Å². The van der Waals surface area contributed by atoms with Crippen LogP contribution < -0.4 is 10.1 Å². The van der Waals surface area contributed by atoms with Gasteiger partial charge < -0.3 is 14.8 Å². The summed E-state index contributed by atoms with van der Waals surface area (Å²) in [6.45, 7) is 6.98. The smallest absolute Gasteiger partial charge is 0.255 e. The third-order valence-corrected chi connectivity index (χ3v) is 3.63. The molecule has 0 fully saturated rings. The van der Waals surface area contributed by atoms with E-state index in [2.05, 4.69) is 5.32 Å². The zero-order valence-corrected chi connectivity index (χ0v) is 14.1. The van der Waals surface area contributed by atoms with Crippen molar-refractivity contribution in [2.75, 3.05) is 19.0 Å². The molecule has 1 N–H and O–H groups in total. The van der Waals surface area contributed by atoms with E-state index >= 15 is 0 Å². The van der Waals surface area contributed by atoms with Crippen LogP contribution in [0, 0.1) is 13.8 Å². The molecular weight excluding hydrogens is 290 g/mol. The Balaban J connectivity index is 2.21. The van der Waals surface area contributed by atoms with E-state index in [0.717, 1.165) is 22.6 Å². The number of aryl methyl sites for hydroxylation is 2. The van der Waals surface area contributed by atoms with Gasteiger partial charge in [0.1, 0.15) is 5.75 Å². The molecule has 0 aromatic heterocycles. The number of carbonyl (C=O) groups is 1. The van der Waals surface area contributed by atoms with E-state index in [0.29, 0.717) is 18.8 Å². The zero-order chi connectivity index (χ0) is 16.8. The van der Waals surface area contributed by atoms with Crippen molar-refractivity contribution in [3.63, 3.8) is 0 Å². The highest BCUT2D eigenvalue weighted by Gasteiger charge is 2.11.